The van der Waals surface area contributed by atoms with Gasteiger partial charge in [-0.1, -0.05) is 13.0 Å². The van der Waals surface area contributed by atoms with Crippen molar-refractivity contribution in [2.45, 2.75) is 39.0 Å². The molecule has 0 aliphatic heterocycles. The maximum Gasteiger partial charge on any atom is 0.141 e. The van der Waals surface area contributed by atoms with Crippen LogP contribution in [0.15, 0.2) is 17.6 Å². The Kier molecular flexibility index (Phi) is 4.57. The summed E-state index contributed by atoms with van der Waals surface area (Å²) in [7, 11) is 0. The van der Waals surface area contributed by atoms with Crippen molar-refractivity contribution in [1.29, 1.82) is 0 Å². The van der Waals surface area contributed by atoms with Crippen LogP contribution in [0.25, 0.3) is 0 Å². The van der Waals surface area contributed by atoms with E-state index in [1.165, 1.54) is 0 Å². The van der Waals surface area contributed by atoms with Crippen molar-refractivity contribution >= 4 is 11.5 Å². The third kappa shape index (κ3) is 2.79. The van der Waals surface area contributed by atoms with Crippen LogP contribution in [0.3, 0.4) is 0 Å². The van der Waals surface area contributed by atoms with Gasteiger partial charge >= 0.3 is 0 Å². The van der Waals surface area contributed by atoms with E-state index in [9.17, 15) is 4.79 Å². The average Bonchev–Trinajstić information content (AvgIpc) is 2.19. The van der Waals surface area contributed by atoms with Crippen molar-refractivity contribution in [2.24, 2.45) is 10.9 Å². The Labute approximate surface area is 86.1 Å². The fraction of sp³-hybridized carbons (Fsp3) is 0.667. The zero-order valence-electron chi connectivity index (χ0n) is 8.96. The second-order valence-electron chi connectivity index (χ2n) is 3.77. The van der Waals surface area contributed by atoms with E-state index < -0.39 is 0 Å². The van der Waals surface area contributed by atoms with E-state index in [2.05, 4.69) is 18.5 Å². The number of rotatable bonds is 4. The number of nitrogens with zero attached hydrogens (tertiary/aromatic N) is 1. The van der Waals surface area contributed by atoms with E-state index in [4.69, 9.17) is 0 Å². The van der Waals surface area contributed by atoms with E-state index in [0.717, 1.165) is 44.4 Å². The fourth-order valence-electron chi connectivity index (χ4n) is 1.86. The first-order valence-electron chi connectivity index (χ1n) is 5.46. The molecule has 0 bridgehead atoms. The number of allylic oxidation sites excluding steroid dienone is 1. The van der Waals surface area contributed by atoms with Gasteiger partial charge in [0.05, 0.1) is 5.92 Å². The summed E-state index contributed by atoms with van der Waals surface area (Å²) >= 11 is 0. The highest BCUT2D eigenvalue weighted by Gasteiger charge is 2.26. The predicted molar refractivity (Wildman–Crippen MR) is 59.8 cm³/mol. The summed E-state index contributed by atoms with van der Waals surface area (Å²) in [4.78, 5) is 16.1. The van der Waals surface area contributed by atoms with Crippen LogP contribution in [-0.2, 0) is 4.79 Å². The second kappa shape index (κ2) is 5.74. The highest BCUT2D eigenvalue weighted by Crippen LogP contribution is 2.22. The van der Waals surface area contributed by atoms with Crippen molar-refractivity contribution in [3.63, 3.8) is 0 Å². The Balaban J connectivity index is 2.68. The highest BCUT2D eigenvalue weighted by atomic mass is 16.1. The lowest BCUT2D eigenvalue weighted by molar-refractivity contribution is -0.121. The first-order valence-corrected chi connectivity index (χ1v) is 5.46. The summed E-state index contributed by atoms with van der Waals surface area (Å²) in [6.07, 6.45) is 6.36. The topological polar surface area (TPSA) is 29.4 Å². The van der Waals surface area contributed by atoms with Crippen LogP contribution in [0, 0.1) is 5.92 Å². The molecular weight excluding hydrogens is 174 g/mol. The third-order valence-corrected chi connectivity index (χ3v) is 2.59. The minimum atomic E-state index is 0.0489. The quantitative estimate of drug-likeness (QED) is 0.631. The van der Waals surface area contributed by atoms with Gasteiger partial charge in [0.25, 0.3) is 0 Å². The largest absolute Gasteiger partial charge is 0.299 e. The lowest BCUT2D eigenvalue weighted by Gasteiger charge is -2.21. The molecule has 0 amide bonds. The molecule has 0 aromatic rings. The lowest BCUT2D eigenvalue weighted by atomic mass is 9.84. The fourth-order valence-corrected chi connectivity index (χ4v) is 1.86. The number of Topliss-reactive ketones (excluding diaryl/α,β-unsaturated/α-hetero) is 1. The van der Waals surface area contributed by atoms with Gasteiger partial charge in [0, 0.05) is 18.7 Å². The molecule has 0 aromatic carbocycles. The van der Waals surface area contributed by atoms with E-state index in [1.807, 2.05) is 6.08 Å². The van der Waals surface area contributed by atoms with Crippen LogP contribution in [0.5, 0.6) is 0 Å². The van der Waals surface area contributed by atoms with Gasteiger partial charge in [0.15, 0.2) is 0 Å². The van der Waals surface area contributed by atoms with E-state index >= 15 is 0 Å². The van der Waals surface area contributed by atoms with Crippen LogP contribution in [0.2, 0.25) is 0 Å². The van der Waals surface area contributed by atoms with Gasteiger partial charge in [-0.05, 0) is 25.7 Å². The van der Waals surface area contributed by atoms with Crippen LogP contribution < -0.4 is 0 Å². The molecule has 2 nitrogen and oxygen atoms in total. The molecule has 0 spiro atoms. The molecule has 2 heteroatoms. The van der Waals surface area contributed by atoms with E-state index in [0.29, 0.717) is 5.78 Å². The molecule has 0 radical (unpaired) electrons. The summed E-state index contributed by atoms with van der Waals surface area (Å²) in [5.41, 5.74) is 1.11. The molecule has 1 aliphatic carbocycles. The molecule has 14 heavy (non-hydrogen) atoms. The zero-order chi connectivity index (χ0) is 10.4. The van der Waals surface area contributed by atoms with Gasteiger partial charge in [-0.15, -0.1) is 6.58 Å². The van der Waals surface area contributed by atoms with Gasteiger partial charge in [-0.2, -0.15) is 0 Å². The van der Waals surface area contributed by atoms with Crippen LogP contribution in [0.1, 0.15) is 39.0 Å². The molecule has 1 atom stereocenters. The summed E-state index contributed by atoms with van der Waals surface area (Å²) in [6.45, 7) is 6.66. The van der Waals surface area contributed by atoms with Crippen molar-refractivity contribution in [2.75, 3.05) is 6.54 Å². The lowest BCUT2D eigenvalue weighted by Crippen LogP contribution is -2.28. The first kappa shape index (κ1) is 11.2. The van der Waals surface area contributed by atoms with Crippen LogP contribution >= 0.6 is 0 Å². The summed E-state index contributed by atoms with van der Waals surface area (Å²) in [5.74, 6) is 0.402. The average molecular weight is 193 g/mol. The molecule has 0 N–H and O–H groups in total. The van der Waals surface area contributed by atoms with Crippen molar-refractivity contribution in [3.05, 3.63) is 12.7 Å². The maximum atomic E-state index is 11.6. The first-order chi connectivity index (χ1) is 6.79. The number of hydrogen-bond donors (Lipinski definition) is 0. The molecular formula is C12H19NO. The monoisotopic (exact) mass is 193 g/mol. The molecule has 1 aliphatic rings. The summed E-state index contributed by atoms with van der Waals surface area (Å²) in [5, 5.41) is 0. The number of carbonyl (C=O) groups is 1. The molecule has 1 rings (SSSR count). The Bertz CT molecular complexity index is 243. The minimum absolute atomic E-state index is 0.0489. The van der Waals surface area contributed by atoms with Gasteiger partial charge in [0.2, 0.25) is 0 Å². The Morgan fingerprint density at radius 2 is 2.36 bits per heavy atom. The Morgan fingerprint density at radius 3 is 3.00 bits per heavy atom. The molecule has 1 fully saturated rings. The molecule has 1 saturated carbocycles. The minimum Gasteiger partial charge on any atom is -0.299 e. The van der Waals surface area contributed by atoms with Gasteiger partial charge in [-0.25, -0.2) is 0 Å². The third-order valence-electron chi connectivity index (χ3n) is 2.59. The molecule has 78 valence electrons. The van der Waals surface area contributed by atoms with Crippen molar-refractivity contribution in [3.8, 4) is 0 Å². The second-order valence-corrected chi connectivity index (χ2v) is 3.77. The van der Waals surface area contributed by atoms with Gasteiger partial charge in [0.1, 0.15) is 5.78 Å². The zero-order valence-corrected chi connectivity index (χ0v) is 8.96. The number of aliphatic imine (C=N–C) groups is 1. The Hall–Kier alpha value is -0.920. The SMILES string of the molecule is C=CCC1C(=O)CCCC1=NCCC. The normalized spacial score (nSPS) is 25.4. The smallest absolute Gasteiger partial charge is 0.141 e. The van der Waals surface area contributed by atoms with E-state index in [1.54, 1.807) is 0 Å². The number of hydrogen-bond acceptors (Lipinski definition) is 2. The van der Waals surface area contributed by atoms with Gasteiger partial charge in [-0.3, -0.25) is 9.79 Å². The molecule has 0 aromatic heterocycles. The summed E-state index contributed by atoms with van der Waals surface area (Å²) < 4.78 is 0. The maximum absolute atomic E-state index is 11.6. The van der Waals surface area contributed by atoms with Crippen molar-refractivity contribution in [1.82, 2.24) is 0 Å². The number of carbonyl (C=O) groups excluding carboxylic acids is 1. The predicted octanol–water partition coefficient (Wildman–Crippen LogP) is 2.78. The molecule has 1 unspecified atom stereocenters. The number of ketones is 1. The molecule has 0 saturated heterocycles. The molecule has 0 heterocycles. The van der Waals surface area contributed by atoms with Gasteiger partial charge < -0.3 is 0 Å². The van der Waals surface area contributed by atoms with Crippen LogP contribution in [0.4, 0.5) is 0 Å². The van der Waals surface area contributed by atoms with E-state index in [-0.39, 0.29) is 5.92 Å². The highest BCUT2D eigenvalue weighted by molar-refractivity contribution is 6.07. The summed E-state index contributed by atoms with van der Waals surface area (Å²) in [6, 6.07) is 0. The standard InChI is InChI=1S/C12H19NO/c1-3-6-10-11(13-9-4-2)7-5-8-12(10)14/h3,10H,1,4-9H2,2H3. The Morgan fingerprint density at radius 1 is 1.57 bits per heavy atom. The van der Waals surface area contributed by atoms with Crippen LogP contribution in [-0.4, -0.2) is 18.0 Å². The van der Waals surface area contributed by atoms with Crippen molar-refractivity contribution < 1.29 is 4.79 Å².